The van der Waals surface area contributed by atoms with Gasteiger partial charge in [-0.25, -0.2) is 0 Å². The van der Waals surface area contributed by atoms with Crippen molar-refractivity contribution in [2.75, 3.05) is 44.7 Å². The van der Waals surface area contributed by atoms with Crippen LogP contribution < -0.4 is 9.64 Å². The number of amides is 1. The Morgan fingerprint density at radius 2 is 2.02 bits per heavy atom. The molecular formula is C32H41N7O2. The van der Waals surface area contributed by atoms with E-state index in [0.717, 1.165) is 49.6 Å². The van der Waals surface area contributed by atoms with Crippen molar-refractivity contribution in [3.8, 4) is 12.1 Å². The maximum absolute atomic E-state index is 12.5. The molecule has 1 aromatic carbocycles. The Bertz CT molecular complexity index is 1370. The minimum atomic E-state index is -0.221. The van der Waals surface area contributed by atoms with Crippen molar-refractivity contribution in [2.24, 2.45) is 0 Å². The minimum Gasteiger partial charge on any atom is -0.462 e. The van der Waals surface area contributed by atoms with Crippen molar-refractivity contribution in [3.05, 3.63) is 59.3 Å². The van der Waals surface area contributed by atoms with E-state index in [1.807, 2.05) is 0 Å². The van der Waals surface area contributed by atoms with Gasteiger partial charge in [0.25, 0.3) is 0 Å². The molecule has 0 radical (unpaired) electrons. The molecule has 216 valence electrons. The molecular weight excluding hydrogens is 514 g/mol. The third kappa shape index (κ3) is 5.20. The van der Waals surface area contributed by atoms with E-state index in [-0.39, 0.29) is 23.8 Å². The molecule has 2 aromatic rings. The Hall–Kier alpha value is -3.48. The second-order valence-corrected chi connectivity index (χ2v) is 12.6. The van der Waals surface area contributed by atoms with Gasteiger partial charge in [0.1, 0.15) is 12.4 Å². The fourth-order valence-electron chi connectivity index (χ4n) is 7.31. The Labute approximate surface area is 243 Å². The minimum absolute atomic E-state index is 0.116. The van der Waals surface area contributed by atoms with Crippen LogP contribution in [0.3, 0.4) is 0 Å². The molecule has 0 N–H and O–H groups in total. The number of hydrogen-bond acceptors (Lipinski definition) is 8. The second-order valence-electron chi connectivity index (χ2n) is 12.6. The SMILES string of the molecule is C=CC(=O)N1CCN(c2nc(OC[C@@H]3CCCN3C)nc3c2CN(C2CC(C)(C)c4ccccc42)C3)C[C@@H]1CC#N. The first-order valence-electron chi connectivity index (χ1n) is 14.9. The van der Waals surface area contributed by atoms with Crippen LogP contribution in [0.5, 0.6) is 6.01 Å². The van der Waals surface area contributed by atoms with Crippen LogP contribution in [0.15, 0.2) is 36.9 Å². The van der Waals surface area contributed by atoms with E-state index in [2.05, 4.69) is 72.5 Å². The Morgan fingerprint density at radius 3 is 2.78 bits per heavy atom. The fourth-order valence-corrected chi connectivity index (χ4v) is 7.31. The number of likely N-dealkylation sites (N-methyl/N-ethyl adjacent to an activating group) is 1. The first-order chi connectivity index (χ1) is 19.8. The molecule has 9 nitrogen and oxygen atoms in total. The molecule has 3 aliphatic heterocycles. The monoisotopic (exact) mass is 555 g/mol. The van der Waals surface area contributed by atoms with E-state index in [9.17, 15) is 10.1 Å². The van der Waals surface area contributed by atoms with Crippen molar-refractivity contribution in [2.45, 2.75) is 76.2 Å². The van der Waals surface area contributed by atoms with Crippen molar-refractivity contribution >= 4 is 11.7 Å². The maximum Gasteiger partial charge on any atom is 0.318 e. The van der Waals surface area contributed by atoms with Gasteiger partial charge in [0.05, 0.1) is 24.2 Å². The molecule has 1 unspecified atom stereocenters. The lowest BCUT2D eigenvalue weighted by molar-refractivity contribution is -0.128. The van der Waals surface area contributed by atoms with Crippen molar-refractivity contribution < 1.29 is 9.53 Å². The van der Waals surface area contributed by atoms with Crippen LogP contribution in [-0.4, -0.2) is 82.5 Å². The third-order valence-electron chi connectivity index (χ3n) is 9.60. The molecule has 0 bridgehead atoms. The van der Waals surface area contributed by atoms with Gasteiger partial charge in [-0.05, 0) is 55.5 Å². The first kappa shape index (κ1) is 27.7. The summed E-state index contributed by atoms with van der Waals surface area (Å²) in [7, 11) is 2.15. The molecule has 1 aromatic heterocycles. The summed E-state index contributed by atoms with van der Waals surface area (Å²) in [5.74, 6) is 0.752. The third-order valence-corrected chi connectivity index (χ3v) is 9.60. The summed E-state index contributed by atoms with van der Waals surface area (Å²) in [4.78, 5) is 31.4. The average molecular weight is 556 g/mol. The highest BCUT2D eigenvalue weighted by Gasteiger charge is 2.42. The number of benzene rings is 1. The van der Waals surface area contributed by atoms with E-state index in [1.54, 1.807) is 4.90 Å². The number of hydrogen-bond donors (Lipinski definition) is 0. The van der Waals surface area contributed by atoms with Gasteiger partial charge in [-0.15, -0.1) is 0 Å². The normalized spacial score (nSPS) is 25.6. The summed E-state index contributed by atoms with van der Waals surface area (Å²) in [6, 6.07) is 12.0. The summed E-state index contributed by atoms with van der Waals surface area (Å²) >= 11 is 0. The summed E-state index contributed by atoms with van der Waals surface area (Å²) in [5, 5.41) is 9.53. The van der Waals surface area contributed by atoms with Crippen molar-refractivity contribution in [1.82, 2.24) is 24.7 Å². The van der Waals surface area contributed by atoms with Crippen LogP contribution >= 0.6 is 0 Å². The summed E-state index contributed by atoms with van der Waals surface area (Å²) in [5.41, 5.74) is 5.11. The van der Waals surface area contributed by atoms with Crippen molar-refractivity contribution in [1.29, 1.82) is 5.26 Å². The van der Waals surface area contributed by atoms with Crippen LogP contribution in [0.25, 0.3) is 0 Å². The Balaban J connectivity index is 1.31. The van der Waals surface area contributed by atoms with E-state index >= 15 is 0 Å². The predicted molar refractivity (Wildman–Crippen MR) is 157 cm³/mol. The molecule has 2 saturated heterocycles. The number of nitrogens with zero attached hydrogens (tertiary/aromatic N) is 7. The number of ether oxygens (including phenoxy) is 1. The number of carbonyl (C=O) groups is 1. The quantitative estimate of drug-likeness (QED) is 0.477. The van der Waals surface area contributed by atoms with Crippen LogP contribution in [0, 0.1) is 11.3 Å². The van der Waals surface area contributed by atoms with Gasteiger partial charge in [-0.1, -0.05) is 44.7 Å². The van der Waals surface area contributed by atoms with Crippen LogP contribution in [0.1, 0.15) is 68.0 Å². The van der Waals surface area contributed by atoms with Crippen LogP contribution in [-0.2, 0) is 23.3 Å². The number of fused-ring (bicyclic) bond motifs is 2. The van der Waals surface area contributed by atoms with Crippen LogP contribution in [0.2, 0.25) is 0 Å². The molecule has 6 rings (SSSR count). The summed E-state index contributed by atoms with van der Waals surface area (Å²) in [6.45, 7) is 13.2. The van der Waals surface area contributed by atoms with E-state index in [0.29, 0.717) is 44.3 Å². The largest absolute Gasteiger partial charge is 0.462 e. The van der Waals surface area contributed by atoms with Gasteiger partial charge in [0.2, 0.25) is 5.91 Å². The molecule has 0 saturated carbocycles. The lowest BCUT2D eigenvalue weighted by atomic mass is 9.86. The molecule has 41 heavy (non-hydrogen) atoms. The molecule has 4 aliphatic rings. The number of rotatable bonds is 7. The van der Waals surface area contributed by atoms with Crippen LogP contribution in [0.4, 0.5) is 5.82 Å². The number of carbonyl (C=O) groups excluding carboxylic acids is 1. The van der Waals surface area contributed by atoms with Gasteiger partial charge in [-0.3, -0.25) is 9.69 Å². The highest BCUT2D eigenvalue weighted by atomic mass is 16.5. The first-order valence-corrected chi connectivity index (χ1v) is 14.9. The average Bonchev–Trinajstić information content (AvgIpc) is 3.66. The Morgan fingerprint density at radius 1 is 1.20 bits per heavy atom. The van der Waals surface area contributed by atoms with Gasteiger partial charge < -0.3 is 19.4 Å². The predicted octanol–water partition coefficient (Wildman–Crippen LogP) is 3.80. The highest BCUT2D eigenvalue weighted by Crippen LogP contribution is 2.49. The fraction of sp³-hybridized carbons (Fsp3) is 0.562. The number of aromatic nitrogens is 2. The summed E-state index contributed by atoms with van der Waals surface area (Å²) in [6.07, 6.45) is 4.97. The zero-order valence-electron chi connectivity index (χ0n) is 24.6. The Kier molecular flexibility index (Phi) is 7.47. The number of likely N-dealkylation sites (tertiary alicyclic amines) is 1. The number of anilines is 1. The maximum atomic E-state index is 12.5. The van der Waals surface area contributed by atoms with Gasteiger partial charge >= 0.3 is 6.01 Å². The van der Waals surface area contributed by atoms with Gasteiger partial charge in [0, 0.05) is 50.4 Å². The van der Waals surface area contributed by atoms with Gasteiger partial charge in [0.15, 0.2) is 0 Å². The second kappa shape index (κ2) is 11.1. The lowest BCUT2D eigenvalue weighted by Crippen LogP contribution is -2.55. The number of piperazine rings is 1. The molecule has 2 fully saturated rings. The van der Waals surface area contributed by atoms with Crippen molar-refractivity contribution in [3.63, 3.8) is 0 Å². The zero-order valence-corrected chi connectivity index (χ0v) is 24.6. The smallest absolute Gasteiger partial charge is 0.318 e. The number of nitriles is 1. The van der Waals surface area contributed by atoms with Gasteiger partial charge in [-0.2, -0.15) is 15.2 Å². The molecule has 9 heteroatoms. The summed E-state index contributed by atoms with van der Waals surface area (Å²) < 4.78 is 6.28. The topological polar surface area (TPSA) is 88.8 Å². The van der Waals surface area contributed by atoms with E-state index in [4.69, 9.17) is 14.7 Å². The molecule has 1 amide bonds. The molecule has 1 aliphatic carbocycles. The van der Waals surface area contributed by atoms with E-state index < -0.39 is 0 Å². The molecule has 4 heterocycles. The zero-order chi connectivity index (χ0) is 28.7. The molecule has 0 spiro atoms. The highest BCUT2D eigenvalue weighted by molar-refractivity contribution is 5.87. The lowest BCUT2D eigenvalue weighted by Gasteiger charge is -2.41. The molecule has 3 atom stereocenters. The van der Waals surface area contributed by atoms with E-state index in [1.165, 1.54) is 23.6 Å². The standard InChI is InChI=1S/C32H41N7O2/c1-5-29(40)39-16-15-37(18-22(39)12-13-33)30-25-19-38(28-17-32(2,3)26-11-7-6-10-24(26)28)20-27(25)34-31(35-30)41-21-23-9-8-14-36(23)4/h5-7,10-11,22-23,28H,1,8-9,12,14-21H2,2-4H3/t22-,23-,28?/m0/s1.